The van der Waals surface area contributed by atoms with Crippen LogP contribution in [0.2, 0.25) is 0 Å². The Morgan fingerprint density at radius 3 is 2.45 bits per heavy atom. The third-order valence-corrected chi connectivity index (χ3v) is 4.80. The van der Waals surface area contributed by atoms with E-state index >= 15 is 0 Å². The van der Waals surface area contributed by atoms with Gasteiger partial charge in [0.1, 0.15) is 5.60 Å². The molecule has 0 radical (unpaired) electrons. The standard InChI is InChI=1S/C15H19NO3S/c1-15(2,3)19-14(18)16-7-9-10(8-16)12(9)13(17)11-5-4-6-20-11/h4-6,9-10,12H,7-8H2,1-3H3/t9-,10?,12?/m1/s1. The SMILES string of the molecule is CC(C)(C)OC(=O)N1CC2C(C(=O)c3cccs3)[C@@H]2C1. The lowest BCUT2D eigenvalue weighted by Gasteiger charge is -2.25. The smallest absolute Gasteiger partial charge is 0.410 e. The van der Waals surface area contributed by atoms with Crippen LogP contribution in [0.25, 0.3) is 0 Å². The molecule has 1 amide bonds. The number of fused-ring (bicyclic) bond motifs is 1. The lowest BCUT2D eigenvalue weighted by atomic mass is 10.1. The van der Waals surface area contributed by atoms with E-state index in [0.717, 1.165) is 4.88 Å². The summed E-state index contributed by atoms with van der Waals surface area (Å²) in [6, 6.07) is 3.79. The van der Waals surface area contributed by atoms with Gasteiger partial charge in [0.05, 0.1) is 4.88 Å². The van der Waals surface area contributed by atoms with E-state index in [0.29, 0.717) is 24.9 Å². The molecular formula is C15H19NO3S. The number of piperidine rings is 1. The van der Waals surface area contributed by atoms with E-state index < -0.39 is 5.60 Å². The number of Topliss-reactive ketones (excluding diaryl/α,β-unsaturated/α-hetero) is 1. The first-order valence-corrected chi connectivity index (χ1v) is 7.80. The summed E-state index contributed by atoms with van der Waals surface area (Å²) in [5.74, 6) is 1.03. The summed E-state index contributed by atoms with van der Waals surface area (Å²) in [4.78, 5) is 26.8. The Kier molecular flexibility index (Phi) is 3.12. The van der Waals surface area contributed by atoms with Gasteiger partial charge in [-0.1, -0.05) is 6.07 Å². The number of ketones is 1. The van der Waals surface area contributed by atoms with E-state index in [1.807, 2.05) is 38.3 Å². The maximum atomic E-state index is 12.3. The van der Waals surface area contributed by atoms with Crippen LogP contribution >= 0.6 is 11.3 Å². The van der Waals surface area contributed by atoms with E-state index in [9.17, 15) is 9.59 Å². The first-order valence-electron chi connectivity index (χ1n) is 6.92. The molecule has 1 aliphatic carbocycles. The fourth-order valence-corrected chi connectivity index (χ4v) is 3.69. The summed E-state index contributed by atoms with van der Waals surface area (Å²) >= 11 is 1.50. The van der Waals surface area contributed by atoms with Crippen molar-refractivity contribution in [3.8, 4) is 0 Å². The van der Waals surface area contributed by atoms with Gasteiger partial charge < -0.3 is 9.64 Å². The highest BCUT2D eigenvalue weighted by atomic mass is 32.1. The maximum absolute atomic E-state index is 12.3. The third-order valence-electron chi connectivity index (χ3n) is 3.91. The molecule has 0 bridgehead atoms. The number of carbonyl (C=O) groups is 2. The molecule has 1 aromatic heterocycles. The largest absolute Gasteiger partial charge is 0.444 e. The normalized spacial score (nSPS) is 28.1. The van der Waals surface area contributed by atoms with Gasteiger partial charge in [0.2, 0.25) is 0 Å². The Bertz CT molecular complexity index is 520. The van der Waals surface area contributed by atoms with Crippen molar-refractivity contribution in [2.75, 3.05) is 13.1 Å². The molecule has 4 nitrogen and oxygen atoms in total. The lowest BCUT2D eigenvalue weighted by molar-refractivity contribution is 0.0264. The molecular weight excluding hydrogens is 274 g/mol. The highest BCUT2D eigenvalue weighted by molar-refractivity contribution is 7.12. The first-order chi connectivity index (χ1) is 9.37. The topological polar surface area (TPSA) is 46.6 Å². The van der Waals surface area contributed by atoms with E-state index in [1.54, 1.807) is 4.90 Å². The van der Waals surface area contributed by atoms with Crippen LogP contribution in [0.15, 0.2) is 17.5 Å². The van der Waals surface area contributed by atoms with Crippen LogP contribution < -0.4 is 0 Å². The van der Waals surface area contributed by atoms with Crippen molar-refractivity contribution in [1.82, 2.24) is 4.90 Å². The molecule has 0 spiro atoms. The zero-order valence-corrected chi connectivity index (χ0v) is 12.8. The Labute approximate surface area is 122 Å². The lowest BCUT2D eigenvalue weighted by Crippen LogP contribution is -2.37. The second kappa shape index (κ2) is 4.58. The number of ether oxygens (including phenoxy) is 1. The second-order valence-corrected chi connectivity index (χ2v) is 7.53. The van der Waals surface area contributed by atoms with Crippen molar-refractivity contribution in [2.24, 2.45) is 17.8 Å². The fourth-order valence-electron chi connectivity index (χ4n) is 2.97. The monoisotopic (exact) mass is 293 g/mol. The highest BCUT2D eigenvalue weighted by Gasteiger charge is 2.60. The van der Waals surface area contributed by atoms with Gasteiger partial charge in [-0.3, -0.25) is 4.79 Å². The number of carbonyl (C=O) groups excluding carboxylic acids is 2. The minimum absolute atomic E-state index is 0.118. The Balaban J connectivity index is 1.56. The van der Waals surface area contributed by atoms with Gasteiger partial charge in [0, 0.05) is 19.0 Å². The average molecular weight is 293 g/mol. The van der Waals surface area contributed by atoms with Gasteiger partial charge in [0.25, 0.3) is 0 Å². The van der Waals surface area contributed by atoms with Crippen LogP contribution in [0.5, 0.6) is 0 Å². The predicted molar refractivity (Wildman–Crippen MR) is 76.9 cm³/mol. The van der Waals surface area contributed by atoms with Crippen LogP contribution in [0.1, 0.15) is 30.4 Å². The van der Waals surface area contributed by atoms with Crippen molar-refractivity contribution < 1.29 is 14.3 Å². The van der Waals surface area contributed by atoms with E-state index in [-0.39, 0.29) is 17.8 Å². The van der Waals surface area contributed by atoms with Gasteiger partial charge in [-0.15, -0.1) is 11.3 Å². The molecule has 2 aliphatic rings. The molecule has 5 heteroatoms. The van der Waals surface area contributed by atoms with Gasteiger partial charge in [-0.2, -0.15) is 0 Å². The molecule has 2 heterocycles. The maximum Gasteiger partial charge on any atom is 0.410 e. The van der Waals surface area contributed by atoms with Crippen LogP contribution in [-0.4, -0.2) is 35.5 Å². The summed E-state index contributed by atoms with van der Waals surface area (Å²) in [5.41, 5.74) is -0.462. The molecule has 108 valence electrons. The average Bonchev–Trinajstić information content (AvgIpc) is 2.78. The van der Waals surface area contributed by atoms with E-state index in [2.05, 4.69) is 0 Å². The number of hydrogen-bond acceptors (Lipinski definition) is 4. The Morgan fingerprint density at radius 2 is 1.95 bits per heavy atom. The Morgan fingerprint density at radius 1 is 1.30 bits per heavy atom. The summed E-state index contributed by atoms with van der Waals surface area (Å²) in [6.07, 6.45) is -0.257. The quantitative estimate of drug-likeness (QED) is 0.787. The number of rotatable bonds is 2. The summed E-state index contributed by atoms with van der Waals surface area (Å²) < 4.78 is 5.36. The van der Waals surface area contributed by atoms with Crippen LogP contribution in [-0.2, 0) is 4.74 Å². The predicted octanol–water partition coefficient (Wildman–Crippen LogP) is 3.04. The fraction of sp³-hybridized carbons (Fsp3) is 0.600. The number of hydrogen-bond donors (Lipinski definition) is 0. The highest BCUT2D eigenvalue weighted by Crippen LogP contribution is 2.53. The second-order valence-electron chi connectivity index (χ2n) is 6.58. The zero-order valence-electron chi connectivity index (χ0n) is 12.0. The van der Waals surface area contributed by atoms with Crippen LogP contribution in [0.3, 0.4) is 0 Å². The molecule has 3 atom stereocenters. The van der Waals surface area contributed by atoms with Gasteiger partial charge in [0.15, 0.2) is 5.78 Å². The number of nitrogens with zero attached hydrogens (tertiary/aromatic N) is 1. The van der Waals surface area contributed by atoms with Crippen molar-refractivity contribution in [2.45, 2.75) is 26.4 Å². The van der Waals surface area contributed by atoms with E-state index in [4.69, 9.17) is 4.74 Å². The van der Waals surface area contributed by atoms with Crippen LogP contribution in [0, 0.1) is 17.8 Å². The summed E-state index contributed by atoms with van der Waals surface area (Å²) in [7, 11) is 0. The molecule has 0 aromatic carbocycles. The minimum Gasteiger partial charge on any atom is -0.444 e. The van der Waals surface area contributed by atoms with Crippen molar-refractivity contribution in [3.63, 3.8) is 0 Å². The number of likely N-dealkylation sites (tertiary alicyclic amines) is 1. The molecule has 1 aliphatic heterocycles. The molecule has 1 saturated carbocycles. The zero-order chi connectivity index (χ0) is 14.5. The van der Waals surface area contributed by atoms with Crippen molar-refractivity contribution in [3.05, 3.63) is 22.4 Å². The van der Waals surface area contributed by atoms with Crippen molar-refractivity contribution in [1.29, 1.82) is 0 Å². The molecule has 20 heavy (non-hydrogen) atoms. The molecule has 0 N–H and O–H groups in total. The van der Waals surface area contributed by atoms with Gasteiger partial charge in [-0.05, 0) is 44.1 Å². The number of amides is 1. The first kappa shape index (κ1) is 13.6. The minimum atomic E-state index is -0.462. The molecule has 1 aromatic rings. The van der Waals surface area contributed by atoms with E-state index in [1.165, 1.54) is 11.3 Å². The Hall–Kier alpha value is -1.36. The molecule has 2 fully saturated rings. The van der Waals surface area contributed by atoms with Crippen LogP contribution in [0.4, 0.5) is 4.79 Å². The molecule has 1 saturated heterocycles. The molecule has 3 rings (SSSR count). The summed E-state index contributed by atoms with van der Waals surface area (Å²) in [6.45, 7) is 6.91. The van der Waals surface area contributed by atoms with Crippen molar-refractivity contribution >= 4 is 23.2 Å². The third kappa shape index (κ3) is 2.46. The summed E-state index contributed by atoms with van der Waals surface area (Å²) in [5, 5.41) is 1.93. The number of thiophene rings is 1. The van der Waals surface area contributed by atoms with Gasteiger partial charge in [-0.25, -0.2) is 4.79 Å². The molecule has 2 unspecified atom stereocenters. The van der Waals surface area contributed by atoms with Gasteiger partial charge >= 0.3 is 6.09 Å².